The van der Waals surface area contributed by atoms with Gasteiger partial charge in [0.2, 0.25) is 0 Å². The second kappa shape index (κ2) is 6.72. The highest BCUT2D eigenvalue weighted by atomic mass is 19.1. The Bertz CT molecular complexity index is 876. The van der Waals surface area contributed by atoms with Crippen molar-refractivity contribution < 1.29 is 18.3 Å². The molecule has 0 bridgehead atoms. The summed E-state index contributed by atoms with van der Waals surface area (Å²) in [7, 11) is 0. The Morgan fingerprint density at radius 2 is 2.08 bits per heavy atom. The Labute approximate surface area is 144 Å². The van der Waals surface area contributed by atoms with E-state index in [0.29, 0.717) is 23.5 Å². The number of amides is 1. The van der Waals surface area contributed by atoms with E-state index in [1.54, 1.807) is 12.3 Å². The lowest BCUT2D eigenvalue weighted by Gasteiger charge is -2.24. The van der Waals surface area contributed by atoms with Crippen LogP contribution in [0.1, 0.15) is 29.8 Å². The molecule has 1 fully saturated rings. The molecule has 1 aliphatic heterocycles. The molecular weight excluding hydrogens is 323 g/mol. The van der Waals surface area contributed by atoms with Crippen LogP contribution in [0.5, 0.6) is 0 Å². The van der Waals surface area contributed by atoms with Gasteiger partial charge in [0.25, 0.3) is 5.91 Å². The Kier molecular flexibility index (Phi) is 4.28. The molecule has 1 atom stereocenters. The van der Waals surface area contributed by atoms with Crippen molar-refractivity contribution in [3.8, 4) is 0 Å². The van der Waals surface area contributed by atoms with Crippen LogP contribution in [0.4, 0.5) is 10.1 Å². The molecular formula is C19H19FN2O3. The molecule has 3 aromatic rings. The van der Waals surface area contributed by atoms with Gasteiger partial charge in [-0.2, -0.15) is 0 Å². The fourth-order valence-electron chi connectivity index (χ4n) is 3.25. The highest BCUT2D eigenvalue weighted by Crippen LogP contribution is 2.25. The van der Waals surface area contributed by atoms with Crippen LogP contribution < -0.4 is 5.32 Å². The number of benzene rings is 1. The molecule has 130 valence electrons. The van der Waals surface area contributed by atoms with Gasteiger partial charge in [0.1, 0.15) is 11.5 Å². The maximum absolute atomic E-state index is 13.0. The molecule has 0 spiro atoms. The summed E-state index contributed by atoms with van der Waals surface area (Å²) in [6, 6.07) is 9.29. The summed E-state index contributed by atoms with van der Waals surface area (Å²) in [6.45, 7) is 1.37. The first-order valence-corrected chi connectivity index (χ1v) is 8.46. The number of hydrogen-bond donors (Lipinski definition) is 1. The molecule has 2 aromatic heterocycles. The van der Waals surface area contributed by atoms with Gasteiger partial charge in [-0.05, 0) is 43.5 Å². The van der Waals surface area contributed by atoms with Crippen LogP contribution in [0, 0.1) is 5.82 Å². The molecule has 1 saturated heterocycles. The van der Waals surface area contributed by atoms with Crippen molar-refractivity contribution >= 4 is 22.7 Å². The van der Waals surface area contributed by atoms with Gasteiger partial charge in [-0.1, -0.05) is 0 Å². The molecule has 5 nitrogen and oxygen atoms in total. The zero-order chi connectivity index (χ0) is 17.2. The third kappa shape index (κ3) is 3.30. The number of ether oxygens (including phenoxy) is 1. The fourth-order valence-corrected chi connectivity index (χ4v) is 3.25. The fraction of sp³-hybridized carbons (Fsp3) is 0.316. The van der Waals surface area contributed by atoms with E-state index in [4.69, 9.17) is 9.15 Å². The quantitative estimate of drug-likeness (QED) is 0.773. The number of halogens is 1. The zero-order valence-electron chi connectivity index (χ0n) is 13.7. The van der Waals surface area contributed by atoms with E-state index in [1.807, 2.05) is 10.6 Å². The first kappa shape index (κ1) is 15.9. The summed E-state index contributed by atoms with van der Waals surface area (Å²) in [5.74, 6) is -0.595. The summed E-state index contributed by atoms with van der Waals surface area (Å²) in [4.78, 5) is 12.7. The number of fused-ring (bicyclic) bond motifs is 1. The summed E-state index contributed by atoms with van der Waals surface area (Å²) in [5, 5.41) is 2.80. The maximum atomic E-state index is 13.0. The molecule has 6 heteroatoms. The van der Waals surface area contributed by atoms with Crippen LogP contribution in [-0.4, -0.2) is 23.2 Å². The smallest absolute Gasteiger partial charge is 0.272 e. The third-order valence-corrected chi connectivity index (χ3v) is 4.52. The van der Waals surface area contributed by atoms with Crippen LogP contribution in [0.2, 0.25) is 0 Å². The minimum absolute atomic E-state index is 0.0941. The van der Waals surface area contributed by atoms with E-state index in [1.165, 1.54) is 24.3 Å². The van der Waals surface area contributed by atoms with Gasteiger partial charge in [-0.3, -0.25) is 4.79 Å². The lowest BCUT2D eigenvalue weighted by Crippen LogP contribution is -2.27. The number of aromatic nitrogens is 1. The first-order chi connectivity index (χ1) is 12.2. The van der Waals surface area contributed by atoms with Crippen LogP contribution >= 0.6 is 0 Å². The van der Waals surface area contributed by atoms with Gasteiger partial charge < -0.3 is 19.0 Å². The average Bonchev–Trinajstić information content (AvgIpc) is 3.21. The van der Waals surface area contributed by atoms with Gasteiger partial charge in [-0.25, -0.2) is 4.39 Å². The van der Waals surface area contributed by atoms with Crippen LogP contribution in [0.3, 0.4) is 0 Å². The second-order valence-corrected chi connectivity index (χ2v) is 6.26. The number of nitrogens with one attached hydrogen (secondary N) is 1. The Balaban J connectivity index is 1.61. The molecule has 1 N–H and O–H groups in total. The standard InChI is InChI=1S/C19H19FN2O3/c20-13-4-6-14(7-5-13)21-19(23)17-11-18-16(8-10-25-18)22(17)12-15-3-1-2-9-24-15/h4-8,10-11,15H,1-3,9,12H2,(H,21,23). The normalized spacial score (nSPS) is 17.7. The van der Waals surface area contributed by atoms with Crippen molar-refractivity contribution in [3.05, 3.63) is 54.2 Å². The van der Waals surface area contributed by atoms with Crippen molar-refractivity contribution in [2.75, 3.05) is 11.9 Å². The number of rotatable bonds is 4. The van der Waals surface area contributed by atoms with Gasteiger partial charge in [0, 0.05) is 31.0 Å². The monoisotopic (exact) mass is 342 g/mol. The SMILES string of the molecule is O=C(Nc1ccc(F)cc1)c1cc2occc2n1CC1CCCCO1. The summed E-state index contributed by atoms with van der Waals surface area (Å²) < 4.78 is 26.2. The number of nitrogens with zero attached hydrogens (tertiary/aromatic N) is 1. The van der Waals surface area contributed by atoms with E-state index in [-0.39, 0.29) is 17.8 Å². The van der Waals surface area contributed by atoms with Crippen molar-refractivity contribution in [3.63, 3.8) is 0 Å². The van der Waals surface area contributed by atoms with Gasteiger partial charge >= 0.3 is 0 Å². The highest BCUT2D eigenvalue weighted by molar-refractivity contribution is 6.05. The number of anilines is 1. The molecule has 4 rings (SSSR count). The predicted molar refractivity (Wildman–Crippen MR) is 92.1 cm³/mol. The lowest BCUT2D eigenvalue weighted by atomic mass is 10.1. The maximum Gasteiger partial charge on any atom is 0.272 e. The molecule has 1 unspecified atom stereocenters. The summed E-state index contributed by atoms with van der Waals surface area (Å²) in [5.41, 5.74) is 2.59. The number of hydrogen-bond acceptors (Lipinski definition) is 3. The topological polar surface area (TPSA) is 56.4 Å². The van der Waals surface area contributed by atoms with Crippen molar-refractivity contribution in [1.29, 1.82) is 0 Å². The highest BCUT2D eigenvalue weighted by Gasteiger charge is 2.22. The molecule has 25 heavy (non-hydrogen) atoms. The van der Waals surface area contributed by atoms with E-state index in [0.717, 1.165) is 31.4 Å². The molecule has 1 amide bonds. The number of carbonyl (C=O) groups is 1. The van der Waals surface area contributed by atoms with E-state index < -0.39 is 0 Å². The number of furan rings is 1. The minimum Gasteiger partial charge on any atom is -0.463 e. The van der Waals surface area contributed by atoms with Gasteiger partial charge in [0.05, 0.1) is 17.9 Å². The first-order valence-electron chi connectivity index (χ1n) is 8.46. The zero-order valence-corrected chi connectivity index (χ0v) is 13.7. The van der Waals surface area contributed by atoms with E-state index in [9.17, 15) is 9.18 Å². The van der Waals surface area contributed by atoms with Crippen LogP contribution in [-0.2, 0) is 11.3 Å². The molecule has 3 heterocycles. The minimum atomic E-state index is -0.340. The Morgan fingerprint density at radius 3 is 2.84 bits per heavy atom. The molecule has 0 aliphatic carbocycles. The van der Waals surface area contributed by atoms with Gasteiger partial charge in [-0.15, -0.1) is 0 Å². The molecule has 1 aromatic carbocycles. The predicted octanol–water partition coefficient (Wildman–Crippen LogP) is 4.19. The van der Waals surface area contributed by atoms with Crippen molar-refractivity contribution in [2.24, 2.45) is 0 Å². The molecule has 0 radical (unpaired) electrons. The van der Waals surface area contributed by atoms with Crippen molar-refractivity contribution in [1.82, 2.24) is 4.57 Å². The van der Waals surface area contributed by atoms with Crippen LogP contribution in [0.25, 0.3) is 11.1 Å². The Morgan fingerprint density at radius 1 is 1.24 bits per heavy atom. The Hall–Kier alpha value is -2.60. The third-order valence-electron chi connectivity index (χ3n) is 4.52. The number of carbonyl (C=O) groups excluding carboxylic acids is 1. The van der Waals surface area contributed by atoms with Crippen LogP contribution in [0.15, 0.2) is 47.1 Å². The largest absolute Gasteiger partial charge is 0.463 e. The second-order valence-electron chi connectivity index (χ2n) is 6.26. The molecule has 0 saturated carbocycles. The summed E-state index contributed by atoms with van der Waals surface area (Å²) in [6.07, 6.45) is 4.91. The lowest BCUT2D eigenvalue weighted by molar-refractivity contribution is 0.00642. The van der Waals surface area contributed by atoms with E-state index in [2.05, 4.69) is 5.32 Å². The summed E-state index contributed by atoms with van der Waals surface area (Å²) >= 11 is 0. The molecule has 1 aliphatic rings. The van der Waals surface area contributed by atoms with Gasteiger partial charge in [0.15, 0.2) is 5.58 Å². The average molecular weight is 342 g/mol. The van der Waals surface area contributed by atoms with Crippen molar-refractivity contribution in [2.45, 2.75) is 31.9 Å². The van der Waals surface area contributed by atoms with E-state index >= 15 is 0 Å².